The standard InChI is InChI=1S/C22H29N3O/c1-25(18-9-4-2-3-5-10-18)15-17-8-6-7-11-19(17)22-23-20(16-12-13-16)14-21(26)24-22/h6-8,11,14,16,18H,2-5,9-10,12-13,15H2,1H3,(H,23,24,26). The molecule has 2 aliphatic carbocycles. The third-order valence-corrected chi connectivity index (χ3v) is 5.90. The maximum Gasteiger partial charge on any atom is 0.251 e. The molecule has 0 bridgehead atoms. The van der Waals surface area contributed by atoms with Crippen molar-refractivity contribution in [2.24, 2.45) is 0 Å². The van der Waals surface area contributed by atoms with Gasteiger partial charge in [0.25, 0.3) is 5.56 Å². The van der Waals surface area contributed by atoms with Gasteiger partial charge in [0.1, 0.15) is 5.82 Å². The Bertz CT molecular complexity index is 801. The molecular weight excluding hydrogens is 322 g/mol. The number of aromatic nitrogens is 2. The van der Waals surface area contributed by atoms with E-state index in [0.29, 0.717) is 12.0 Å². The molecule has 2 aromatic rings. The van der Waals surface area contributed by atoms with Gasteiger partial charge in [-0.15, -0.1) is 0 Å². The highest BCUT2D eigenvalue weighted by molar-refractivity contribution is 5.60. The van der Waals surface area contributed by atoms with Gasteiger partial charge < -0.3 is 4.98 Å². The molecule has 4 rings (SSSR count). The minimum absolute atomic E-state index is 0.0381. The summed E-state index contributed by atoms with van der Waals surface area (Å²) in [5, 5.41) is 0. The number of rotatable bonds is 5. The minimum atomic E-state index is -0.0381. The molecule has 2 saturated carbocycles. The summed E-state index contributed by atoms with van der Waals surface area (Å²) in [6.45, 7) is 0.901. The van der Waals surface area contributed by atoms with E-state index in [4.69, 9.17) is 4.98 Å². The van der Waals surface area contributed by atoms with Crippen molar-refractivity contribution < 1.29 is 0 Å². The van der Waals surface area contributed by atoms with Crippen molar-refractivity contribution in [2.75, 3.05) is 7.05 Å². The Labute approximate surface area is 155 Å². The smallest absolute Gasteiger partial charge is 0.251 e. The third-order valence-electron chi connectivity index (χ3n) is 5.90. The van der Waals surface area contributed by atoms with Crippen molar-refractivity contribution >= 4 is 0 Å². The molecule has 4 heteroatoms. The molecule has 0 unspecified atom stereocenters. The van der Waals surface area contributed by atoms with Crippen LogP contribution < -0.4 is 5.56 Å². The summed E-state index contributed by atoms with van der Waals surface area (Å²) in [7, 11) is 2.24. The fourth-order valence-electron chi connectivity index (χ4n) is 4.18. The summed E-state index contributed by atoms with van der Waals surface area (Å²) < 4.78 is 0. The summed E-state index contributed by atoms with van der Waals surface area (Å²) in [6, 6.07) is 10.7. The van der Waals surface area contributed by atoms with Crippen molar-refractivity contribution in [3.8, 4) is 11.4 Å². The zero-order valence-electron chi connectivity index (χ0n) is 15.7. The molecule has 0 spiro atoms. The molecule has 26 heavy (non-hydrogen) atoms. The van der Waals surface area contributed by atoms with Crippen molar-refractivity contribution in [3.05, 3.63) is 51.9 Å². The highest BCUT2D eigenvalue weighted by atomic mass is 16.1. The molecule has 1 heterocycles. The Balaban J connectivity index is 1.59. The summed E-state index contributed by atoms with van der Waals surface area (Å²) in [5.41, 5.74) is 3.22. The van der Waals surface area contributed by atoms with Crippen molar-refractivity contribution in [3.63, 3.8) is 0 Å². The van der Waals surface area contributed by atoms with Crippen LogP contribution in [0.4, 0.5) is 0 Å². The van der Waals surface area contributed by atoms with Crippen LogP contribution in [0.5, 0.6) is 0 Å². The van der Waals surface area contributed by atoms with Crippen molar-refractivity contribution in [1.82, 2.24) is 14.9 Å². The molecule has 4 nitrogen and oxygen atoms in total. The van der Waals surface area contributed by atoms with E-state index in [2.05, 4.69) is 35.1 Å². The lowest BCUT2D eigenvalue weighted by molar-refractivity contribution is 0.213. The lowest BCUT2D eigenvalue weighted by Crippen LogP contribution is -2.31. The van der Waals surface area contributed by atoms with Crippen LogP contribution in [0.1, 0.15) is 68.5 Å². The molecule has 0 radical (unpaired) electrons. The number of nitrogens with one attached hydrogen (secondary N) is 1. The average Bonchev–Trinajstić information content (AvgIpc) is 3.48. The molecule has 1 N–H and O–H groups in total. The highest BCUT2D eigenvalue weighted by Gasteiger charge is 2.26. The van der Waals surface area contributed by atoms with E-state index in [1.54, 1.807) is 6.07 Å². The van der Waals surface area contributed by atoms with Crippen LogP contribution in [0.15, 0.2) is 35.1 Å². The molecule has 0 atom stereocenters. The van der Waals surface area contributed by atoms with E-state index in [0.717, 1.165) is 36.5 Å². The first-order valence-corrected chi connectivity index (χ1v) is 10.1. The molecule has 0 amide bonds. The summed E-state index contributed by atoms with van der Waals surface area (Å²) in [5.74, 6) is 1.21. The van der Waals surface area contributed by atoms with Gasteiger partial charge in [-0.1, -0.05) is 49.9 Å². The Morgan fingerprint density at radius 3 is 2.54 bits per heavy atom. The number of nitrogens with zero attached hydrogens (tertiary/aromatic N) is 2. The molecule has 0 saturated heterocycles. The van der Waals surface area contributed by atoms with Crippen LogP contribution in [0, 0.1) is 0 Å². The SMILES string of the molecule is CN(Cc1ccccc1-c1nc(C2CC2)cc(=O)[nH]1)C1CCCCCC1. The highest BCUT2D eigenvalue weighted by Crippen LogP contribution is 2.39. The first kappa shape index (κ1) is 17.5. The van der Waals surface area contributed by atoms with Crippen molar-refractivity contribution in [1.29, 1.82) is 0 Å². The third kappa shape index (κ3) is 4.07. The second-order valence-corrected chi connectivity index (χ2v) is 8.01. The van der Waals surface area contributed by atoms with Crippen LogP contribution in [-0.4, -0.2) is 28.0 Å². The lowest BCUT2D eigenvalue weighted by Gasteiger charge is -2.27. The van der Waals surface area contributed by atoms with Gasteiger partial charge in [-0.05, 0) is 38.3 Å². The molecule has 1 aromatic heterocycles. The van der Waals surface area contributed by atoms with Gasteiger partial charge in [-0.25, -0.2) is 4.98 Å². The summed E-state index contributed by atoms with van der Waals surface area (Å²) in [6.07, 6.45) is 10.3. The van der Waals surface area contributed by atoms with Crippen LogP contribution >= 0.6 is 0 Å². The topological polar surface area (TPSA) is 49.0 Å². The van der Waals surface area contributed by atoms with E-state index in [-0.39, 0.29) is 5.56 Å². The first-order chi connectivity index (χ1) is 12.7. The van der Waals surface area contributed by atoms with Gasteiger partial charge >= 0.3 is 0 Å². The maximum atomic E-state index is 12.1. The van der Waals surface area contributed by atoms with Crippen LogP contribution in [0.25, 0.3) is 11.4 Å². The predicted molar refractivity (Wildman–Crippen MR) is 105 cm³/mol. The molecule has 1 aromatic carbocycles. The zero-order chi connectivity index (χ0) is 17.9. The predicted octanol–water partition coefficient (Wildman–Crippen LogP) is 4.47. The van der Waals surface area contributed by atoms with Gasteiger partial charge in [0.2, 0.25) is 0 Å². The zero-order valence-corrected chi connectivity index (χ0v) is 15.7. The number of benzene rings is 1. The van der Waals surface area contributed by atoms with Gasteiger partial charge in [-0.3, -0.25) is 9.69 Å². The van der Waals surface area contributed by atoms with E-state index < -0.39 is 0 Å². The van der Waals surface area contributed by atoms with E-state index >= 15 is 0 Å². The molecular formula is C22H29N3O. The molecule has 0 aliphatic heterocycles. The minimum Gasteiger partial charge on any atom is -0.307 e. The second kappa shape index (κ2) is 7.75. The normalized spacial score (nSPS) is 18.8. The quantitative estimate of drug-likeness (QED) is 0.809. The van der Waals surface area contributed by atoms with Gasteiger partial charge in [-0.2, -0.15) is 0 Å². The number of hydrogen-bond acceptors (Lipinski definition) is 3. The second-order valence-electron chi connectivity index (χ2n) is 8.01. The van der Waals surface area contributed by atoms with Gasteiger partial charge in [0.15, 0.2) is 0 Å². The molecule has 2 fully saturated rings. The van der Waals surface area contributed by atoms with Crippen LogP contribution in [0.2, 0.25) is 0 Å². The van der Waals surface area contributed by atoms with Crippen LogP contribution in [0.3, 0.4) is 0 Å². The fraction of sp³-hybridized carbons (Fsp3) is 0.545. The fourth-order valence-corrected chi connectivity index (χ4v) is 4.18. The molecule has 138 valence electrons. The monoisotopic (exact) mass is 351 g/mol. The number of hydrogen-bond donors (Lipinski definition) is 1. The number of aromatic amines is 1. The first-order valence-electron chi connectivity index (χ1n) is 10.1. The van der Waals surface area contributed by atoms with Crippen LogP contribution in [-0.2, 0) is 6.54 Å². The van der Waals surface area contributed by atoms with E-state index in [9.17, 15) is 4.79 Å². The maximum absolute atomic E-state index is 12.1. The molecule has 2 aliphatic rings. The Morgan fingerprint density at radius 1 is 1.08 bits per heavy atom. The Kier molecular flexibility index (Phi) is 5.21. The summed E-state index contributed by atoms with van der Waals surface area (Å²) in [4.78, 5) is 22.4. The summed E-state index contributed by atoms with van der Waals surface area (Å²) >= 11 is 0. The lowest BCUT2D eigenvalue weighted by atomic mass is 10.0. The van der Waals surface area contributed by atoms with E-state index in [1.165, 1.54) is 44.1 Å². The Hall–Kier alpha value is -1.94. The van der Waals surface area contributed by atoms with Gasteiger partial charge in [0.05, 0.1) is 5.69 Å². The number of H-pyrrole nitrogens is 1. The van der Waals surface area contributed by atoms with Gasteiger partial charge in [0, 0.05) is 30.1 Å². The largest absolute Gasteiger partial charge is 0.307 e. The van der Waals surface area contributed by atoms with Crippen molar-refractivity contribution in [2.45, 2.75) is 69.9 Å². The average molecular weight is 351 g/mol. The van der Waals surface area contributed by atoms with E-state index in [1.807, 2.05) is 6.07 Å². The Morgan fingerprint density at radius 2 is 1.81 bits per heavy atom.